The molecule has 0 aliphatic carbocycles. The Labute approximate surface area is 135 Å². The molecule has 2 aromatic rings. The fraction of sp³-hybridized carbons (Fsp3) is 0.312. The van der Waals surface area contributed by atoms with Crippen molar-refractivity contribution in [2.24, 2.45) is 0 Å². The minimum absolute atomic E-state index is 0.0300. The van der Waals surface area contributed by atoms with Crippen LogP contribution in [0.4, 0.5) is 0 Å². The Morgan fingerprint density at radius 1 is 1.26 bits per heavy atom. The minimum Gasteiger partial charge on any atom is -0.300 e. The van der Waals surface area contributed by atoms with Crippen molar-refractivity contribution in [3.8, 4) is 11.1 Å². The van der Waals surface area contributed by atoms with Crippen LogP contribution in [0, 0.1) is 0 Å². The van der Waals surface area contributed by atoms with Crippen molar-refractivity contribution in [2.75, 3.05) is 13.6 Å². The van der Waals surface area contributed by atoms with Gasteiger partial charge in [-0.1, -0.05) is 0 Å². The molecular weight excluding hydrogens is 314 g/mol. The second-order valence-corrected chi connectivity index (χ2v) is 7.67. The Hall–Kier alpha value is -2.12. The zero-order chi connectivity index (χ0) is 16.6. The first-order valence-electron chi connectivity index (χ1n) is 7.28. The maximum absolute atomic E-state index is 12.4. The Kier molecular flexibility index (Phi) is 3.99. The first kappa shape index (κ1) is 15.8. The van der Waals surface area contributed by atoms with E-state index < -0.39 is 10.0 Å². The average molecular weight is 331 g/mol. The molecule has 3 rings (SSSR count). The van der Waals surface area contributed by atoms with Gasteiger partial charge in [0, 0.05) is 50.1 Å². The third kappa shape index (κ3) is 3.02. The molecule has 2 aromatic heterocycles. The summed E-state index contributed by atoms with van der Waals surface area (Å²) in [4.78, 5) is 20.0. The molecule has 120 valence electrons. The zero-order valence-corrected chi connectivity index (χ0v) is 13.8. The summed E-state index contributed by atoms with van der Waals surface area (Å²) in [5.41, 5.74) is 2.77. The number of pyridine rings is 2. The van der Waals surface area contributed by atoms with Gasteiger partial charge in [-0.3, -0.25) is 14.8 Å². The lowest BCUT2D eigenvalue weighted by Crippen LogP contribution is -2.34. The van der Waals surface area contributed by atoms with Gasteiger partial charge in [0.15, 0.2) is 0 Å². The molecule has 0 bridgehead atoms. The second-order valence-electron chi connectivity index (χ2n) is 5.66. The summed E-state index contributed by atoms with van der Waals surface area (Å²) in [6, 6.07) is 5.23. The molecular formula is C16H17N3O3S. The Morgan fingerprint density at radius 2 is 2.04 bits per heavy atom. The molecule has 0 atom stereocenters. The van der Waals surface area contributed by atoms with Gasteiger partial charge < -0.3 is 0 Å². The van der Waals surface area contributed by atoms with E-state index in [1.807, 2.05) is 0 Å². The third-order valence-corrected chi connectivity index (χ3v) is 5.77. The highest BCUT2D eigenvalue weighted by Gasteiger charge is 2.29. The molecule has 6 nitrogen and oxygen atoms in total. The summed E-state index contributed by atoms with van der Waals surface area (Å²) in [6.07, 6.45) is 4.16. The predicted octanol–water partition coefficient (Wildman–Crippen LogP) is 1.45. The molecule has 0 fully saturated rings. The van der Waals surface area contributed by atoms with Crippen LogP contribution in [0.25, 0.3) is 11.1 Å². The van der Waals surface area contributed by atoms with Crippen LogP contribution >= 0.6 is 0 Å². The van der Waals surface area contributed by atoms with Crippen molar-refractivity contribution in [2.45, 2.75) is 24.7 Å². The molecule has 0 spiro atoms. The molecule has 1 aliphatic rings. The maximum Gasteiger partial charge on any atom is 0.244 e. The van der Waals surface area contributed by atoms with Gasteiger partial charge in [-0.25, -0.2) is 12.7 Å². The van der Waals surface area contributed by atoms with E-state index in [0.717, 1.165) is 5.56 Å². The van der Waals surface area contributed by atoms with Crippen LogP contribution in [-0.4, -0.2) is 42.1 Å². The van der Waals surface area contributed by atoms with Gasteiger partial charge in [-0.2, -0.15) is 0 Å². The van der Waals surface area contributed by atoms with Crippen LogP contribution in [0.5, 0.6) is 0 Å². The number of nitrogens with zero attached hydrogens (tertiary/aromatic N) is 3. The fourth-order valence-corrected chi connectivity index (χ4v) is 4.00. The van der Waals surface area contributed by atoms with Crippen molar-refractivity contribution in [1.82, 2.24) is 14.3 Å². The number of hydrogen-bond donors (Lipinski definition) is 0. The van der Waals surface area contributed by atoms with Gasteiger partial charge in [0.2, 0.25) is 10.0 Å². The second kappa shape index (κ2) is 5.82. The predicted molar refractivity (Wildman–Crippen MR) is 85.4 cm³/mol. The topological polar surface area (TPSA) is 80.2 Å². The van der Waals surface area contributed by atoms with Crippen molar-refractivity contribution in [1.29, 1.82) is 0 Å². The number of rotatable bonds is 3. The summed E-state index contributed by atoms with van der Waals surface area (Å²) in [7, 11) is -1.91. The van der Waals surface area contributed by atoms with Gasteiger partial charge in [0.25, 0.3) is 0 Å². The van der Waals surface area contributed by atoms with Crippen LogP contribution in [0.3, 0.4) is 0 Å². The van der Waals surface area contributed by atoms with Crippen molar-refractivity contribution < 1.29 is 13.2 Å². The van der Waals surface area contributed by atoms with Gasteiger partial charge in [0.1, 0.15) is 10.7 Å². The molecule has 0 saturated heterocycles. The van der Waals surface area contributed by atoms with E-state index in [9.17, 15) is 13.2 Å². The van der Waals surface area contributed by atoms with E-state index in [1.165, 1.54) is 11.2 Å². The number of hydrogen-bond acceptors (Lipinski definition) is 5. The van der Waals surface area contributed by atoms with E-state index in [2.05, 4.69) is 9.97 Å². The quantitative estimate of drug-likeness (QED) is 0.850. The van der Waals surface area contributed by atoms with Crippen LogP contribution < -0.4 is 0 Å². The summed E-state index contributed by atoms with van der Waals surface area (Å²) < 4.78 is 26.2. The molecule has 0 amide bonds. The minimum atomic E-state index is -3.48. The lowest BCUT2D eigenvalue weighted by molar-refractivity contribution is -0.116. The molecule has 0 N–H and O–H groups in total. The monoisotopic (exact) mass is 331 g/mol. The highest BCUT2D eigenvalue weighted by molar-refractivity contribution is 7.89. The van der Waals surface area contributed by atoms with E-state index in [-0.39, 0.29) is 17.1 Å². The summed E-state index contributed by atoms with van der Waals surface area (Å²) in [5, 5.41) is 0. The Bertz CT molecular complexity index is 878. The number of fused-ring (bicyclic) bond motifs is 1. The Balaban J connectivity index is 2.06. The maximum atomic E-state index is 12.4. The number of aromatic nitrogens is 2. The molecule has 7 heteroatoms. The largest absolute Gasteiger partial charge is 0.300 e. The molecule has 23 heavy (non-hydrogen) atoms. The van der Waals surface area contributed by atoms with Gasteiger partial charge in [-0.15, -0.1) is 0 Å². The molecule has 1 aliphatic heterocycles. The van der Waals surface area contributed by atoms with Gasteiger partial charge in [0.05, 0.1) is 5.69 Å². The lowest BCUT2D eigenvalue weighted by Gasteiger charge is -2.24. The molecule has 0 saturated carbocycles. The lowest BCUT2D eigenvalue weighted by atomic mass is 10.1. The number of sulfonamides is 1. The third-order valence-electron chi connectivity index (χ3n) is 3.86. The van der Waals surface area contributed by atoms with E-state index in [0.29, 0.717) is 29.9 Å². The first-order chi connectivity index (χ1) is 10.9. The van der Waals surface area contributed by atoms with Crippen LogP contribution in [-0.2, 0) is 27.7 Å². The average Bonchev–Trinajstić information content (AvgIpc) is 2.51. The molecule has 3 heterocycles. The molecule has 0 aromatic carbocycles. The SMILES string of the molecule is CC(=O)Cc1cc(-c2cnc3c(c2)S(=O)(=O)N(C)CC3)ccn1. The number of Topliss-reactive ketones (excluding diaryl/α,β-unsaturated/α-hetero) is 1. The van der Waals surface area contributed by atoms with Crippen LogP contribution in [0.1, 0.15) is 18.3 Å². The van der Waals surface area contributed by atoms with E-state index >= 15 is 0 Å². The highest BCUT2D eigenvalue weighted by atomic mass is 32.2. The van der Waals surface area contributed by atoms with Crippen molar-refractivity contribution >= 4 is 15.8 Å². The normalized spacial score (nSPS) is 16.8. The summed E-state index contributed by atoms with van der Waals surface area (Å²) in [6.45, 7) is 1.96. The van der Waals surface area contributed by atoms with E-state index in [4.69, 9.17) is 0 Å². The number of ketones is 1. The van der Waals surface area contributed by atoms with Crippen LogP contribution in [0.2, 0.25) is 0 Å². The highest BCUT2D eigenvalue weighted by Crippen LogP contribution is 2.28. The first-order valence-corrected chi connectivity index (χ1v) is 8.72. The fourth-order valence-electron chi connectivity index (χ4n) is 2.60. The standard InChI is InChI=1S/C16H17N3O3S/c1-11(20)7-14-8-12(3-5-17-14)13-9-16-15(18-10-13)4-6-19(2)23(16,21)22/h3,5,8-10H,4,6-7H2,1-2H3. The van der Waals surface area contributed by atoms with Crippen molar-refractivity contribution in [3.63, 3.8) is 0 Å². The van der Waals surface area contributed by atoms with Crippen molar-refractivity contribution in [3.05, 3.63) is 42.0 Å². The van der Waals surface area contributed by atoms with Crippen LogP contribution in [0.15, 0.2) is 35.5 Å². The Morgan fingerprint density at radius 3 is 2.78 bits per heavy atom. The van der Waals surface area contributed by atoms with E-state index in [1.54, 1.807) is 37.6 Å². The number of likely N-dealkylation sites (N-methyl/N-ethyl adjacent to an activating group) is 1. The molecule has 0 radical (unpaired) electrons. The summed E-state index contributed by atoms with van der Waals surface area (Å²) in [5.74, 6) is 0.0300. The summed E-state index contributed by atoms with van der Waals surface area (Å²) >= 11 is 0. The molecule has 0 unspecified atom stereocenters. The van der Waals surface area contributed by atoms with Gasteiger partial charge in [-0.05, 0) is 30.7 Å². The van der Waals surface area contributed by atoms with Gasteiger partial charge >= 0.3 is 0 Å². The number of carbonyl (C=O) groups excluding carboxylic acids is 1. The zero-order valence-electron chi connectivity index (χ0n) is 13.0. The smallest absolute Gasteiger partial charge is 0.244 e. The number of carbonyl (C=O) groups is 1.